The van der Waals surface area contributed by atoms with E-state index in [1.165, 1.54) is 6.92 Å². The third kappa shape index (κ3) is 6.20. The summed E-state index contributed by atoms with van der Waals surface area (Å²) in [4.78, 5) is 48.1. The van der Waals surface area contributed by atoms with Crippen LogP contribution in [0, 0.1) is 0 Å². The zero-order chi connectivity index (χ0) is 21.6. The summed E-state index contributed by atoms with van der Waals surface area (Å²) in [5.74, 6) is -2.93. The molecule has 1 fully saturated rings. The van der Waals surface area contributed by atoms with Crippen LogP contribution in [0.25, 0.3) is 0 Å². The lowest BCUT2D eigenvalue weighted by molar-refractivity contribution is -0.235. The summed E-state index contributed by atoms with van der Waals surface area (Å²) in [6.07, 6.45) is -5.17. The van der Waals surface area contributed by atoms with Crippen LogP contribution in [0.3, 0.4) is 0 Å². The maximum absolute atomic E-state index is 12.3. The van der Waals surface area contributed by atoms with Gasteiger partial charge in [-0.3, -0.25) is 14.4 Å². The zero-order valence-electron chi connectivity index (χ0n) is 16.4. The highest BCUT2D eigenvalue weighted by atomic mass is 32.2. The fourth-order valence-electron chi connectivity index (χ4n) is 2.81. The summed E-state index contributed by atoms with van der Waals surface area (Å²) >= 11 is 1.16. The fraction of sp³-hybridized carbons (Fsp3) is 0.474. The van der Waals surface area contributed by atoms with Crippen molar-refractivity contribution < 1.29 is 42.9 Å². The van der Waals surface area contributed by atoms with Crippen LogP contribution in [0.5, 0.6) is 0 Å². The Bertz CT molecular complexity index is 751. The van der Waals surface area contributed by atoms with Crippen molar-refractivity contribution in [1.29, 1.82) is 0 Å². The zero-order valence-corrected chi connectivity index (χ0v) is 17.2. The lowest BCUT2D eigenvalue weighted by atomic mass is 9.99. The minimum atomic E-state index is -1.39. The van der Waals surface area contributed by atoms with Gasteiger partial charge in [0.05, 0.1) is 7.11 Å². The van der Waals surface area contributed by atoms with Crippen molar-refractivity contribution in [2.75, 3.05) is 7.11 Å². The second kappa shape index (κ2) is 10.3. The first-order chi connectivity index (χ1) is 13.7. The Labute approximate surface area is 172 Å². The van der Waals surface area contributed by atoms with Crippen molar-refractivity contribution >= 4 is 35.6 Å². The van der Waals surface area contributed by atoms with Crippen LogP contribution in [0.15, 0.2) is 35.2 Å². The van der Waals surface area contributed by atoms with Crippen molar-refractivity contribution in [2.24, 2.45) is 0 Å². The van der Waals surface area contributed by atoms with Gasteiger partial charge in [0.1, 0.15) is 5.44 Å². The van der Waals surface area contributed by atoms with Gasteiger partial charge in [0.25, 0.3) is 0 Å². The molecule has 10 heteroatoms. The Balaban J connectivity index is 2.47. The van der Waals surface area contributed by atoms with Crippen LogP contribution in [0.1, 0.15) is 20.8 Å². The lowest BCUT2D eigenvalue weighted by Gasteiger charge is -2.43. The van der Waals surface area contributed by atoms with Crippen molar-refractivity contribution in [2.45, 2.75) is 55.5 Å². The number of carbonyl (C=O) groups is 4. The minimum absolute atomic E-state index is 0.660. The first kappa shape index (κ1) is 22.7. The molecule has 0 saturated carbocycles. The molecule has 1 aromatic carbocycles. The summed E-state index contributed by atoms with van der Waals surface area (Å²) in [5.41, 5.74) is -0.943. The van der Waals surface area contributed by atoms with Crippen LogP contribution >= 0.6 is 11.8 Å². The third-order valence-corrected chi connectivity index (χ3v) is 4.99. The molecule has 0 bridgehead atoms. The van der Waals surface area contributed by atoms with Crippen LogP contribution in [-0.2, 0) is 42.9 Å². The van der Waals surface area contributed by atoms with E-state index in [4.69, 9.17) is 23.7 Å². The van der Waals surface area contributed by atoms with Crippen molar-refractivity contribution in [3.63, 3.8) is 0 Å². The fourth-order valence-corrected chi connectivity index (χ4v) is 3.91. The molecule has 0 radical (unpaired) electrons. The van der Waals surface area contributed by atoms with Gasteiger partial charge in [0.2, 0.25) is 0 Å². The van der Waals surface area contributed by atoms with E-state index in [1.54, 1.807) is 24.3 Å². The smallest absolute Gasteiger partial charge is 0.339 e. The number of carbonyl (C=O) groups excluding carboxylic acids is 4. The Morgan fingerprint density at radius 2 is 1.34 bits per heavy atom. The van der Waals surface area contributed by atoms with Gasteiger partial charge in [-0.15, -0.1) is 0 Å². The molecule has 0 N–H and O–H groups in total. The van der Waals surface area contributed by atoms with Crippen molar-refractivity contribution in [3.05, 3.63) is 30.3 Å². The average molecular weight is 426 g/mol. The molecule has 0 aliphatic carbocycles. The normalized spacial score (nSPS) is 26.1. The number of hydrogen-bond donors (Lipinski definition) is 0. The van der Waals surface area contributed by atoms with Crippen LogP contribution in [-0.4, -0.2) is 60.8 Å². The first-order valence-electron chi connectivity index (χ1n) is 8.69. The van der Waals surface area contributed by atoms with Gasteiger partial charge < -0.3 is 23.7 Å². The molecular formula is C19H22O9S. The van der Waals surface area contributed by atoms with Crippen LogP contribution < -0.4 is 0 Å². The largest absolute Gasteiger partial charge is 0.467 e. The number of esters is 4. The van der Waals surface area contributed by atoms with E-state index < -0.39 is 53.7 Å². The van der Waals surface area contributed by atoms with Gasteiger partial charge in [-0.05, 0) is 12.1 Å². The van der Waals surface area contributed by atoms with Gasteiger partial charge in [-0.1, -0.05) is 30.0 Å². The molecule has 5 unspecified atom stereocenters. The highest BCUT2D eigenvalue weighted by molar-refractivity contribution is 7.99. The van der Waals surface area contributed by atoms with Gasteiger partial charge in [0, 0.05) is 25.7 Å². The van der Waals surface area contributed by atoms with E-state index in [1.807, 2.05) is 6.07 Å². The maximum Gasteiger partial charge on any atom is 0.339 e. The maximum atomic E-state index is 12.3. The SMILES string of the molecule is COC(=O)C1OC(Sc2ccccc2)C(OC(C)=O)C(OC(C)=O)C1OC(C)=O. The molecule has 158 valence electrons. The highest BCUT2D eigenvalue weighted by Crippen LogP contribution is 2.37. The summed E-state index contributed by atoms with van der Waals surface area (Å²) in [7, 11) is 1.15. The molecule has 0 spiro atoms. The second-order valence-corrected chi connectivity index (χ2v) is 7.27. The van der Waals surface area contributed by atoms with Gasteiger partial charge in [-0.25, -0.2) is 4.79 Å². The van der Waals surface area contributed by atoms with Gasteiger partial charge in [0.15, 0.2) is 24.4 Å². The molecule has 1 heterocycles. The van der Waals surface area contributed by atoms with Crippen molar-refractivity contribution in [3.8, 4) is 0 Å². The molecule has 1 aliphatic rings. The summed E-state index contributed by atoms with van der Waals surface area (Å²) < 4.78 is 26.5. The van der Waals surface area contributed by atoms with E-state index in [2.05, 4.69) is 0 Å². The Kier molecular flexibility index (Phi) is 8.03. The molecule has 5 atom stereocenters. The topological polar surface area (TPSA) is 114 Å². The summed E-state index contributed by atoms with van der Waals surface area (Å²) in [6.45, 7) is 3.46. The molecule has 2 rings (SSSR count). The second-order valence-electron chi connectivity index (χ2n) is 6.10. The molecule has 0 amide bonds. The molecule has 9 nitrogen and oxygen atoms in total. The monoisotopic (exact) mass is 426 g/mol. The molecule has 1 saturated heterocycles. The van der Waals surface area contributed by atoms with E-state index in [0.717, 1.165) is 37.6 Å². The number of rotatable bonds is 6. The van der Waals surface area contributed by atoms with Crippen LogP contribution in [0.2, 0.25) is 0 Å². The third-order valence-electron chi connectivity index (χ3n) is 3.83. The molecular weight excluding hydrogens is 404 g/mol. The van der Waals surface area contributed by atoms with Gasteiger partial charge >= 0.3 is 23.9 Å². The van der Waals surface area contributed by atoms with Crippen LogP contribution in [0.4, 0.5) is 0 Å². The van der Waals surface area contributed by atoms with Crippen molar-refractivity contribution in [1.82, 2.24) is 0 Å². The lowest BCUT2D eigenvalue weighted by Crippen LogP contribution is -2.62. The summed E-state index contributed by atoms with van der Waals surface area (Å²) in [5, 5.41) is 0. The Hall–Kier alpha value is -2.59. The number of thioether (sulfide) groups is 1. The average Bonchev–Trinajstić information content (AvgIpc) is 2.65. The number of benzene rings is 1. The molecule has 0 aromatic heterocycles. The standard InChI is InChI=1S/C19H22O9S/c1-10(20)25-14-15(26-11(2)21)17(27-12(3)22)19(28-16(14)18(23)24-4)29-13-8-6-5-7-9-13/h5-9,14-17,19H,1-4H3. The Morgan fingerprint density at radius 1 is 0.828 bits per heavy atom. The number of ether oxygens (including phenoxy) is 5. The first-order valence-corrected chi connectivity index (χ1v) is 9.57. The predicted molar refractivity (Wildman–Crippen MR) is 99.6 cm³/mol. The van der Waals surface area contributed by atoms with Gasteiger partial charge in [-0.2, -0.15) is 0 Å². The molecule has 1 aromatic rings. The summed E-state index contributed by atoms with van der Waals surface area (Å²) in [6, 6.07) is 9.02. The van der Waals surface area contributed by atoms with E-state index in [9.17, 15) is 19.2 Å². The predicted octanol–water partition coefficient (Wildman–Crippen LogP) is 1.47. The highest BCUT2D eigenvalue weighted by Gasteiger charge is 2.54. The number of hydrogen-bond acceptors (Lipinski definition) is 10. The Morgan fingerprint density at radius 3 is 1.86 bits per heavy atom. The molecule has 1 aliphatic heterocycles. The van der Waals surface area contributed by atoms with E-state index in [-0.39, 0.29) is 0 Å². The molecule has 29 heavy (non-hydrogen) atoms. The quantitative estimate of drug-likeness (QED) is 0.489. The minimum Gasteiger partial charge on any atom is -0.467 e. The van der Waals surface area contributed by atoms with E-state index in [0.29, 0.717) is 0 Å². The van der Waals surface area contributed by atoms with E-state index >= 15 is 0 Å². The number of methoxy groups -OCH3 is 1.